The summed E-state index contributed by atoms with van der Waals surface area (Å²) in [6.45, 7) is 5.72. The summed E-state index contributed by atoms with van der Waals surface area (Å²) in [6.07, 6.45) is 0. The number of aromatic amines is 1. The lowest BCUT2D eigenvalue weighted by Crippen LogP contribution is -2.21. The molecule has 1 aliphatic rings. The average molecular weight is 494 g/mol. The van der Waals surface area contributed by atoms with Crippen LogP contribution in [0.15, 0.2) is 47.9 Å². The van der Waals surface area contributed by atoms with E-state index in [1.54, 1.807) is 30.3 Å². The van der Waals surface area contributed by atoms with Gasteiger partial charge >= 0.3 is 0 Å². The lowest BCUT2D eigenvalue weighted by atomic mass is 9.84. The molecule has 0 fully saturated rings. The number of rotatable bonds is 7. The van der Waals surface area contributed by atoms with E-state index in [-0.39, 0.29) is 24.0 Å². The van der Waals surface area contributed by atoms with E-state index in [1.807, 2.05) is 26.8 Å². The number of aryl methyl sites for hydroxylation is 2. The van der Waals surface area contributed by atoms with Crippen molar-refractivity contribution in [2.24, 2.45) is 5.73 Å². The summed E-state index contributed by atoms with van der Waals surface area (Å²) in [5, 5.41) is 20.1. The summed E-state index contributed by atoms with van der Waals surface area (Å²) in [5.41, 5.74) is 10.00. The van der Waals surface area contributed by atoms with Gasteiger partial charge < -0.3 is 25.3 Å². The molecule has 0 bridgehead atoms. The molecule has 0 radical (unpaired) electrons. The molecule has 1 aromatic heterocycles. The monoisotopic (exact) mass is 493 g/mol. The fourth-order valence-corrected chi connectivity index (χ4v) is 4.02. The maximum absolute atomic E-state index is 12.4. The van der Waals surface area contributed by atoms with Crippen LogP contribution in [0.3, 0.4) is 0 Å². The number of allylic oxidation sites excluding steroid dienone is 1. The van der Waals surface area contributed by atoms with Crippen molar-refractivity contribution in [1.82, 2.24) is 10.2 Å². The van der Waals surface area contributed by atoms with Gasteiger partial charge in [-0.2, -0.15) is 5.26 Å². The minimum absolute atomic E-state index is 0.00247. The zero-order valence-corrected chi connectivity index (χ0v) is 20.2. The predicted molar refractivity (Wildman–Crippen MR) is 131 cm³/mol. The first-order valence-electron chi connectivity index (χ1n) is 10.9. The Morgan fingerprint density at radius 1 is 1.26 bits per heavy atom. The number of nitrogens with zero attached hydrogens (tertiary/aromatic N) is 2. The number of nitriles is 1. The number of H-pyrrole nitrogens is 1. The summed E-state index contributed by atoms with van der Waals surface area (Å²) in [6, 6.07) is 12.7. The van der Waals surface area contributed by atoms with Crippen LogP contribution < -0.4 is 25.3 Å². The van der Waals surface area contributed by atoms with Crippen molar-refractivity contribution < 1.29 is 19.0 Å². The van der Waals surface area contributed by atoms with Crippen LogP contribution in [0.5, 0.6) is 17.4 Å². The van der Waals surface area contributed by atoms with E-state index in [0.29, 0.717) is 34.7 Å². The number of ether oxygens (including phenoxy) is 3. The highest BCUT2D eigenvalue weighted by Crippen LogP contribution is 2.44. The SMILES string of the molecule is CCOc1cc(C2C(C#N)=C(N)Oc3n[nH]c(C)c32)ccc1OCC(=O)Nc1ccc(C)c(Cl)c1. The number of nitrogens with one attached hydrogen (secondary N) is 2. The Morgan fingerprint density at radius 3 is 2.77 bits per heavy atom. The summed E-state index contributed by atoms with van der Waals surface area (Å²) in [4.78, 5) is 12.4. The highest BCUT2D eigenvalue weighted by atomic mass is 35.5. The molecular weight excluding hydrogens is 470 g/mol. The molecule has 1 aliphatic heterocycles. The van der Waals surface area contributed by atoms with E-state index >= 15 is 0 Å². The minimum Gasteiger partial charge on any atom is -0.490 e. The Hall–Kier alpha value is -4.16. The Morgan fingerprint density at radius 2 is 2.06 bits per heavy atom. The number of nitrogens with two attached hydrogens (primary N) is 1. The number of benzene rings is 2. The number of carbonyl (C=O) groups is 1. The summed E-state index contributed by atoms with van der Waals surface area (Å²) >= 11 is 6.12. The molecule has 4 rings (SSSR count). The first-order valence-corrected chi connectivity index (χ1v) is 11.3. The van der Waals surface area contributed by atoms with Crippen molar-refractivity contribution in [2.75, 3.05) is 18.5 Å². The first-order chi connectivity index (χ1) is 16.8. The van der Waals surface area contributed by atoms with Crippen molar-refractivity contribution in [3.05, 3.63) is 75.3 Å². The van der Waals surface area contributed by atoms with Gasteiger partial charge in [-0.1, -0.05) is 23.7 Å². The molecule has 0 saturated heterocycles. The standard InChI is InChI=1S/C25H24ClN5O4/c1-4-33-20-9-15(23-17(11-27)24(28)35-25-22(23)14(3)30-31-25)6-8-19(20)34-12-21(32)29-16-7-5-13(2)18(26)10-16/h5-10,23H,4,12,28H2,1-3H3,(H,29,32)(H,30,31). The fourth-order valence-electron chi connectivity index (χ4n) is 3.83. The maximum atomic E-state index is 12.4. The van der Waals surface area contributed by atoms with Gasteiger partial charge in [0.05, 0.1) is 12.5 Å². The number of aromatic nitrogens is 2. The molecule has 1 atom stereocenters. The van der Waals surface area contributed by atoms with Crippen LogP contribution in [0, 0.1) is 25.2 Å². The number of fused-ring (bicyclic) bond motifs is 1. The molecule has 1 unspecified atom stereocenters. The second-order valence-electron chi connectivity index (χ2n) is 7.93. The molecule has 35 heavy (non-hydrogen) atoms. The molecule has 9 nitrogen and oxygen atoms in total. The number of anilines is 1. The van der Waals surface area contributed by atoms with Crippen molar-refractivity contribution in [3.8, 4) is 23.4 Å². The molecule has 3 aromatic rings. The van der Waals surface area contributed by atoms with Gasteiger partial charge in [-0.15, -0.1) is 5.10 Å². The van der Waals surface area contributed by atoms with Crippen LogP contribution >= 0.6 is 11.6 Å². The van der Waals surface area contributed by atoms with Crippen molar-refractivity contribution in [1.29, 1.82) is 5.26 Å². The second kappa shape index (κ2) is 9.99. The normalized spacial score (nSPS) is 14.5. The van der Waals surface area contributed by atoms with Gasteiger partial charge in [0.15, 0.2) is 18.1 Å². The third-order valence-corrected chi connectivity index (χ3v) is 5.95. The van der Waals surface area contributed by atoms with Crippen molar-refractivity contribution in [2.45, 2.75) is 26.7 Å². The van der Waals surface area contributed by atoms with Crippen LogP contribution in [0.2, 0.25) is 5.02 Å². The Kier molecular flexibility index (Phi) is 6.85. The van der Waals surface area contributed by atoms with Crippen LogP contribution in [-0.2, 0) is 4.79 Å². The number of halogens is 1. The second-order valence-corrected chi connectivity index (χ2v) is 8.34. The predicted octanol–water partition coefficient (Wildman–Crippen LogP) is 4.31. The minimum atomic E-state index is -0.495. The number of hydrogen-bond donors (Lipinski definition) is 3. The van der Waals surface area contributed by atoms with E-state index in [1.165, 1.54) is 0 Å². The van der Waals surface area contributed by atoms with E-state index < -0.39 is 5.92 Å². The zero-order chi connectivity index (χ0) is 25.1. The Balaban J connectivity index is 1.57. The largest absolute Gasteiger partial charge is 0.490 e. The third-order valence-electron chi connectivity index (χ3n) is 5.54. The quantitative estimate of drug-likeness (QED) is 0.446. The zero-order valence-electron chi connectivity index (χ0n) is 19.4. The van der Waals surface area contributed by atoms with Crippen LogP contribution in [-0.4, -0.2) is 29.3 Å². The van der Waals surface area contributed by atoms with Gasteiger partial charge in [-0.3, -0.25) is 9.89 Å². The van der Waals surface area contributed by atoms with Crippen molar-refractivity contribution >= 4 is 23.2 Å². The molecule has 0 spiro atoms. The van der Waals surface area contributed by atoms with E-state index in [2.05, 4.69) is 21.6 Å². The maximum Gasteiger partial charge on any atom is 0.262 e. The first kappa shape index (κ1) is 24.0. The third kappa shape index (κ3) is 4.88. The molecule has 180 valence electrons. The summed E-state index contributed by atoms with van der Waals surface area (Å²) in [7, 11) is 0. The number of carbonyl (C=O) groups excluding carboxylic acids is 1. The molecule has 0 saturated carbocycles. The van der Waals surface area contributed by atoms with Crippen LogP contribution in [0.1, 0.15) is 35.2 Å². The molecule has 0 aliphatic carbocycles. The topological polar surface area (TPSA) is 135 Å². The molecule has 10 heteroatoms. The van der Waals surface area contributed by atoms with Gasteiger partial charge in [0.25, 0.3) is 5.91 Å². The van der Waals surface area contributed by atoms with E-state index in [9.17, 15) is 10.1 Å². The Bertz CT molecular complexity index is 1360. The van der Waals surface area contributed by atoms with Crippen LogP contribution in [0.4, 0.5) is 5.69 Å². The van der Waals surface area contributed by atoms with E-state index in [0.717, 1.165) is 22.4 Å². The van der Waals surface area contributed by atoms with Gasteiger partial charge in [0.1, 0.15) is 11.6 Å². The van der Waals surface area contributed by atoms with Crippen LogP contribution in [0.25, 0.3) is 0 Å². The molecule has 2 heterocycles. The van der Waals surface area contributed by atoms with Crippen molar-refractivity contribution in [3.63, 3.8) is 0 Å². The highest BCUT2D eigenvalue weighted by Gasteiger charge is 2.34. The summed E-state index contributed by atoms with van der Waals surface area (Å²) in [5.74, 6) is 0.311. The smallest absolute Gasteiger partial charge is 0.262 e. The van der Waals surface area contributed by atoms with Gasteiger partial charge in [-0.05, 0) is 56.2 Å². The molecule has 4 N–H and O–H groups in total. The van der Waals surface area contributed by atoms with Gasteiger partial charge in [-0.25, -0.2) is 0 Å². The fraction of sp³-hybridized carbons (Fsp3) is 0.240. The lowest BCUT2D eigenvalue weighted by molar-refractivity contribution is -0.118. The van der Waals surface area contributed by atoms with Gasteiger partial charge in [0, 0.05) is 22.0 Å². The molecule has 1 amide bonds. The number of hydrogen-bond acceptors (Lipinski definition) is 7. The van der Waals surface area contributed by atoms with E-state index in [4.69, 9.17) is 31.5 Å². The molecule has 2 aromatic carbocycles. The summed E-state index contributed by atoms with van der Waals surface area (Å²) < 4.78 is 17.1. The molecular formula is C25H24ClN5O4. The number of amides is 1. The highest BCUT2D eigenvalue weighted by molar-refractivity contribution is 6.31. The average Bonchev–Trinajstić information content (AvgIpc) is 3.19. The lowest BCUT2D eigenvalue weighted by Gasteiger charge is -2.24. The van der Waals surface area contributed by atoms with Gasteiger partial charge in [0.2, 0.25) is 11.8 Å². The Labute approximate surface area is 207 Å².